The second kappa shape index (κ2) is 4.86. The van der Waals surface area contributed by atoms with Gasteiger partial charge in [-0.3, -0.25) is 0 Å². The van der Waals surface area contributed by atoms with Crippen molar-refractivity contribution in [1.29, 1.82) is 0 Å². The van der Waals surface area contributed by atoms with Gasteiger partial charge in [0.15, 0.2) is 11.5 Å². The van der Waals surface area contributed by atoms with Crippen LogP contribution >= 0.6 is 0 Å². The maximum atomic E-state index is 9.39. The standard InChI is InChI=1S/C10H15NO4/c1-6-9(15-5-7(12)4-11)3-2-8(13)10(6)14/h2-3,7,12-14H,4-5,11H2,1H3/t7-/m1/s1. The Morgan fingerprint density at radius 2 is 2.07 bits per heavy atom. The van der Waals surface area contributed by atoms with Crippen LogP contribution in [-0.2, 0) is 0 Å². The largest absolute Gasteiger partial charge is 0.504 e. The number of rotatable bonds is 4. The number of benzene rings is 1. The SMILES string of the molecule is Cc1c(OC[C@H](O)CN)ccc(O)c1O. The highest BCUT2D eigenvalue weighted by Gasteiger charge is 2.10. The zero-order valence-corrected chi connectivity index (χ0v) is 8.47. The molecule has 0 aliphatic heterocycles. The summed E-state index contributed by atoms with van der Waals surface area (Å²) in [4.78, 5) is 0. The highest BCUT2D eigenvalue weighted by atomic mass is 16.5. The monoisotopic (exact) mass is 213 g/mol. The summed E-state index contributed by atoms with van der Waals surface area (Å²) in [5.41, 5.74) is 5.64. The van der Waals surface area contributed by atoms with Crippen LogP contribution in [0, 0.1) is 6.92 Å². The van der Waals surface area contributed by atoms with Crippen molar-refractivity contribution in [2.45, 2.75) is 13.0 Å². The molecular weight excluding hydrogens is 198 g/mol. The lowest BCUT2D eigenvalue weighted by atomic mass is 10.2. The van der Waals surface area contributed by atoms with Gasteiger partial charge < -0.3 is 25.8 Å². The van der Waals surface area contributed by atoms with E-state index in [1.807, 2.05) is 0 Å². The first-order valence-corrected chi connectivity index (χ1v) is 4.58. The van der Waals surface area contributed by atoms with Crippen molar-refractivity contribution in [3.8, 4) is 17.2 Å². The van der Waals surface area contributed by atoms with Gasteiger partial charge in [-0.25, -0.2) is 0 Å². The molecule has 0 unspecified atom stereocenters. The summed E-state index contributed by atoms with van der Waals surface area (Å²) in [5, 5.41) is 27.7. The second-order valence-corrected chi connectivity index (χ2v) is 3.26. The molecule has 0 spiro atoms. The lowest BCUT2D eigenvalue weighted by Gasteiger charge is -2.13. The quantitative estimate of drug-likeness (QED) is 0.532. The summed E-state index contributed by atoms with van der Waals surface area (Å²) in [5.74, 6) is 0.00626. The number of aliphatic hydroxyl groups is 1. The third kappa shape index (κ3) is 2.74. The minimum absolute atomic E-state index is 0.0571. The van der Waals surface area contributed by atoms with Gasteiger partial charge in [0.05, 0.1) is 0 Å². The predicted molar refractivity (Wildman–Crippen MR) is 55.1 cm³/mol. The molecule has 0 radical (unpaired) electrons. The Bertz CT molecular complexity index is 340. The van der Waals surface area contributed by atoms with E-state index in [9.17, 15) is 15.3 Å². The fraction of sp³-hybridized carbons (Fsp3) is 0.400. The molecule has 84 valence electrons. The first-order chi connectivity index (χ1) is 7.06. The van der Waals surface area contributed by atoms with E-state index in [-0.39, 0.29) is 24.7 Å². The molecule has 0 aliphatic carbocycles. The summed E-state index contributed by atoms with van der Waals surface area (Å²) in [7, 11) is 0. The highest BCUT2D eigenvalue weighted by Crippen LogP contribution is 2.34. The number of nitrogens with two attached hydrogens (primary N) is 1. The van der Waals surface area contributed by atoms with Gasteiger partial charge in [-0.1, -0.05) is 0 Å². The molecule has 1 rings (SSSR count). The average molecular weight is 213 g/mol. The van der Waals surface area contributed by atoms with Crippen LogP contribution in [0.5, 0.6) is 17.2 Å². The van der Waals surface area contributed by atoms with Crippen LogP contribution < -0.4 is 10.5 Å². The van der Waals surface area contributed by atoms with E-state index in [0.717, 1.165) is 0 Å². The third-order valence-electron chi connectivity index (χ3n) is 2.06. The first kappa shape index (κ1) is 11.6. The van der Waals surface area contributed by atoms with Crippen LogP contribution in [0.1, 0.15) is 5.56 Å². The molecule has 5 nitrogen and oxygen atoms in total. The molecule has 5 N–H and O–H groups in total. The molecule has 0 fully saturated rings. The topological polar surface area (TPSA) is 95.9 Å². The minimum atomic E-state index is -0.736. The van der Waals surface area contributed by atoms with Crippen molar-refractivity contribution in [1.82, 2.24) is 0 Å². The van der Waals surface area contributed by atoms with Gasteiger partial charge in [-0.15, -0.1) is 0 Å². The van der Waals surface area contributed by atoms with Crippen LogP contribution in [0.2, 0.25) is 0 Å². The van der Waals surface area contributed by atoms with E-state index in [1.54, 1.807) is 6.92 Å². The number of aliphatic hydroxyl groups excluding tert-OH is 1. The van der Waals surface area contributed by atoms with Crippen LogP contribution in [0.3, 0.4) is 0 Å². The average Bonchev–Trinajstić information content (AvgIpc) is 2.24. The lowest BCUT2D eigenvalue weighted by Crippen LogP contribution is -2.26. The normalized spacial score (nSPS) is 12.5. The Balaban J connectivity index is 2.74. The second-order valence-electron chi connectivity index (χ2n) is 3.26. The van der Waals surface area contributed by atoms with Gasteiger partial charge in [-0.2, -0.15) is 0 Å². The summed E-state index contributed by atoms with van der Waals surface area (Å²) >= 11 is 0. The van der Waals surface area contributed by atoms with Crippen LogP contribution in [0.4, 0.5) is 0 Å². The fourth-order valence-electron chi connectivity index (χ4n) is 1.08. The zero-order valence-electron chi connectivity index (χ0n) is 8.47. The predicted octanol–water partition coefficient (Wildman–Crippen LogP) is 0.105. The highest BCUT2D eigenvalue weighted by molar-refractivity contribution is 5.51. The van der Waals surface area contributed by atoms with Crippen molar-refractivity contribution in [3.05, 3.63) is 17.7 Å². The van der Waals surface area contributed by atoms with E-state index >= 15 is 0 Å². The smallest absolute Gasteiger partial charge is 0.164 e. The number of ether oxygens (including phenoxy) is 1. The molecule has 1 aromatic carbocycles. The van der Waals surface area contributed by atoms with Gasteiger partial charge >= 0.3 is 0 Å². The zero-order chi connectivity index (χ0) is 11.4. The van der Waals surface area contributed by atoms with Gasteiger partial charge in [0.1, 0.15) is 18.5 Å². The Hall–Kier alpha value is -1.46. The first-order valence-electron chi connectivity index (χ1n) is 4.58. The molecule has 0 saturated carbocycles. The molecule has 1 aromatic rings. The lowest BCUT2D eigenvalue weighted by molar-refractivity contribution is 0.113. The maximum Gasteiger partial charge on any atom is 0.164 e. The Morgan fingerprint density at radius 1 is 1.40 bits per heavy atom. The van der Waals surface area contributed by atoms with E-state index in [4.69, 9.17) is 10.5 Å². The number of phenolic OH excluding ortho intramolecular Hbond substituents is 2. The number of hydrogen-bond acceptors (Lipinski definition) is 5. The van der Waals surface area contributed by atoms with Crippen molar-refractivity contribution in [3.63, 3.8) is 0 Å². The number of aromatic hydroxyl groups is 2. The molecule has 5 heteroatoms. The van der Waals surface area contributed by atoms with E-state index in [0.29, 0.717) is 11.3 Å². The van der Waals surface area contributed by atoms with Gasteiger partial charge in [0, 0.05) is 12.1 Å². The molecule has 0 saturated heterocycles. The molecule has 0 aliphatic rings. The molecule has 0 aromatic heterocycles. The Kier molecular flexibility index (Phi) is 3.76. The van der Waals surface area contributed by atoms with Crippen LogP contribution in [0.25, 0.3) is 0 Å². The van der Waals surface area contributed by atoms with E-state index in [1.165, 1.54) is 12.1 Å². The van der Waals surface area contributed by atoms with Gasteiger partial charge in [0.25, 0.3) is 0 Å². The van der Waals surface area contributed by atoms with Crippen molar-refractivity contribution in [2.75, 3.05) is 13.2 Å². The molecular formula is C10H15NO4. The van der Waals surface area contributed by atoms with Gasteiger partial charge in [0.2, 0.25) is 0 Å². The Morgan fingerprint density at radius 3 is 2.67 bits per heavy atom. The molecule has 0 bridgehead atoms. The van der Waals surface area contributed by atoms with Gasteiger partial charge in [-0.05, 0) is 19.1 Å². The van der Waals surface area contributed by atoms with Crippen LogP contribution in [0.15, 0.2) is 12.1 Å². The van der Waals surface area contributed by atoms with Crippen molar-refractivity contribution in [2.24, 2.45) is 5.73 Å². The molecule has 0 amide bonds. The summed E-state index contributed by atoms with van der Waals surface area (Å²) in [6.07, 6.45) is -0.736. The van der Waals surface area contributed by atoms with Crippen molar-refractivity contribution >= 4 is 0 Å². The van der Waals surface area contributed by atoms with Crippen LogP contribution in [-0.4, -0.2) is 34.6 Å². The molecule has 0 heterocycles. The Labute approximate surface area is 87.7 Å². The summed E-state index contributed by atoms with van der Waals surface area (Å²) < 4.78 is 5.22. The maximum absolute atomic E-state index is 9.39. The number of phenols is 2. The molecule has 15 heavy (non-hydrogen) atoms. The minimum Gasteiger partial charge on any atom is -0.504 e. The summed E-state index contributed by atoms with van der Waals surface area (Å²) in [6, 6.07) is 2.85. The molecule has 1 atom stereocenters. The van der Waals surface area contributed by atoms with E-state index < -0.39 is 6.10 Å². The van der Waals surface area contributed by atoms with E-state index in [2.05, 4.69) is 0 Å². The third-order valence-corrected chi connectivity index (χ3v) is 2.06. The van der Waals surface area contributed by atoms with Crippen molar-refractivity contribution < 1.29 is 20.1 Å². The number of hydrogen-bond donors (Lipinski definition) is 4. The fourth-order valence-corrected chi connectivity index (χ4v) is 1.08. The summed E-state index contributed by atoms with van der Waals surface area (Å²) in [6.45, 7) is 1.78.